The van der Waals surface area contributed by atoms with Gasteiger partial charge in [0.1, 0.15) is 0 Å². The monoisotopic (exact) mass is 235 g/mol. The van der Waals surface area contributed by atoms with E-state index in [2.05, 4.69) is 34.2 Å². The molecule has 0 radical (unpaired) electrons. The van der Waals surface area contributed by atoms with Crippen LogP contribution >= 0.6 is 28.3 Å². The molecule has 0 aliphatic heterocycles. The molecule has 0 aromatic heterocycles. The van der Waals surface area contributed by atoms with Crippen molar-refractivity contribution in [2.24, 2.45) is 0 Å². The van der Waals surface area contributed by atoms with Crippen molar-refractivity contribution in [3.63, 3.8) is 0 Å². The van der Waals surface area contributed by atoms with Gasteiger partial charge in [-0.3, -0.25) is 0 Å². The summed E-state index contributed by atoms with van der Waals surface area (Å²) in [6.07, 6.45) is 0. The molecule has 62 valence electrons. The maximum Gasteiger partial charge on any atom is 0.0351 e. The van der Waals surface area contributed by atoms with Crippen molar-refractivity contribution in [3.8, 4) is 0 Å². The topological polar surface area (TPSA) is 12.0 Å². The second-order valence-electron chi connectivity index (χ2n) is 2.04. The summed E-state index contributed by atoms with van der Waals surface area (Å²) in [5.41, 5.74) is 1.16. The molecule has 0 spiro atoms. The number of hydrogen-bond donors (Lipinski definition) is 1. The first-order valence-electron chi connectivity index (χ1n) is 3.32. The molecule has 1 nitrogen and oxygen atoms in total. The minimum Gasteiger partial charge on any atom is -0.385 e. The Morgan fingerprint density at radius 3 is 2.73 bits per heavy atom. The summed E-state index contributed by atoms with van der Waals surface area (Å²) < 4.78 is 1.12. The van der Waals surface area contributed by atoms with Gasteiger partial charge >= 0.3 is 0 Å². The molecule has 0 saturated carbocycles. The van der Waals surface area contributed by atoms with Crippen LogP contribution < -0.4 is 5.32 Å². The van der Waals surface area contributed by atoms with E-state index in [0.717, 1.165) is 16.7 Å². The van der Waals surface area contributed by atoms with Crippen LogP contribution in [0.3, 0.4) is 0 Å². The highest BCUT2D eigenvalue weighted by molar-refractivity contribution is 9.10. The van der Waals surface area contributed by atoms with Crippen LogP contribution in [0.2, 0.25) is 0 Å². The molecule has 3 heteroatoms. The van der Waals surface area contributed by atoms with Gasteiger partial charge in [-0.2, -0.15) is 0 Å². The maximum absolute atomic E-state index is 3.39. The van der Waals surface area contributed by atoms with Gasteiger partial charge in [0.2, 0.25) is 0 Å². The molecule has 0 aliphatic rings. The summed E-state index contributed by atoms with van der Waals surface area (Å²) in [5, 5.41) is 3.22. The van der Waals surface area contributed by atoms with Gasteiger partial charge in [-0.25, -0.2) is 0 Å². The molecule has 1 rings (SSSR count). The van der Waals surface area contributed by atoms with Crippen molar-refractivity contribution in [1.29, 1.82) is 0 Å². The maximum atomic E-state index is 3.39. The molecule has 0 atom stereocenters. The Morgan fingerprint density at radius 2 is 2.18 bits per heavy atom. The molecule has 0 saturated heterocycles. The number of benzene rings is 1. The van der Waals surface area contributed by atoms with E-state index in [1.807, 2.05) is 18.2 Å². The molecule has 1 aromatic carbocycles. The fraction of sp³-hybridized carbons (Fsp3) is 0.250. The molecule has 1 N–H and O–H groups in total. The van der Waals surface area contributed by atoms with Crippen molar-refractivity contribution in [2.45, 2.75) is 6.92 Å². The zero-order chi connectivity index (χ0) is 7.40. The molecule has 1 aromatic rings. The molecular formula is C8H11BrClN. The molecule has 0 bridgehead atoms. The lowest BCUT2D eigenvalue weighted by atomic mass is 10.3. The highest BCUT2D eigenvalue weighted by atomic mass is 79.9. The first-order chi connectivity index (χ1) is 4.83. The Labute approximate surface area is 81.7 Å². The van der Waals surface area contributed by atoms with E-state index in [0.29, 0.717) is 0 Å². The lowest BCUT2D eigenvalue weighted by molar-refractivity contribution is 1.21. The van der Waals surface area contributed by atoms with Gasteiger partial charge in [0.15, 0.2) is 0 Å². The number of halogens is 2. The molecule has 0 heterocycles. The minimum absolute atomic E-state index is 0. The predicted molar refractivity (Wildman–Crippen MR) is 55.6 cm³/mol. The summed E-state index contributed by atoms with van der Waals surface area (Å²) in [6, 6.07) is 8.14. The van der Waals surface area contributed by atoms with Crippen LogP contribution in [0.25, 0.3) is 0 Å². The van der Waals surface area contributed by atoms with Crippen LogP contribution in [-0.4, -0.2) is 6.54 Å². The number of nitrogens with one attached hydrogen (secondary N) is 1. The predicted octanol–water partition coefficient (Wildman–Crippen LogP) is 3.30. The Hall–Kier alpha value is -0.210. The highest BCUT2D eigenvalue weighted by Gasteiger charge is 1.88. The number of anilines is 1. The van der Waals surface area contributed by atoms with Crippen molar-refractivity contribution < 1.29 is 0 Å². The van der Waals surface area contributed by atoms with Gasteiger partial charge in [-0.05, 0) is 25.1 Å². The van der Waals surface area contributed by atoms with E-state index >= 15 is 0 Å². The van der Waals surface area contributed by atoms with Gasteiger partial charge in [0.05, 0.1) is 0 Å². The van der Waals surface area contributed by atoms with E-state index in [-0.39, 0.29) is 12.4 Å². The summed E-state index contributed by atoms with van der Waals surface area (Å²) in [5.74, 6) is 0. The Kier molecular flexibility index (Phi) is 5.34. The lowest BCUT2D eigenvalue weighted by Crippen LogP contribution is -1.95. The van der Waals surface area contributed by atoms with Crippen LogP contribution in [0.4, 0.5) is 5.69 Å². The Morgan fingerprint density at radius 1 is 1.45 bits per heavy atom. The zero-order valence-corrected chi connectivity index (χ0v) is 8.71. The van der Waals surface area contributed by atoms with Gasteiger partial charge in [0, 0.05) is 16.7 Å². The molecule has 0 amide bonds. The first kappa shape index (κ1) is 10.8. The van der Waals surface area contributed by atoms with Crippen molar-refractivity contribution in [3.05, 3.63) is 28.7 Å². The Bertz CT molecular complexity index is 215. The second-order valence-corrected chi connectivity index (χ2v) is 2.96. The normalized spacial score (nSPS) is 8.55. The number of hydrogen-bond acceptors (Lipinski definition) is 1. The van der Waals surface area contributed by atoms with Gasteiger partial charge in [-0.15, -0.1) is 12.4 Å². The highest BCUT2D eigenvalue weighted by Crippen LogP contribution is 2.14. The zero-order valence-electron chi connectivity index (χ0n) is 6.30. The first-order valence-corrected chi connectivity index (χ1v) is 4.11. The summed E-state index contributed by atoms with van der Waals surface area (Å²) >= 11 is 3.39. The minimum atomic E-state index is 0. The average molecular weight is 237 g/mol. The SMILES string of the molecule is CCNc1cccc(Br)c1.Cl. The largest absolute Gasteiger partial charge is 0.385 e. The van der Waals surface area contributed by atoms with Crippen LogP contribution in [0, 0.1) is 0 Å². The van der Waals surface area contributed by atoms with Gasteiger partial charge in [-0.1, -0.05) is 22.0 Å². The summed E-state index contributed by atoms with van der Waals surface area (Å²) in [6.45, 7) is 3.05. The standard InChI is InChI=1S/C8H10BrN.ClH/c1-2-10-8-5-3-4-7(9)6-8;/h3-6,10H,2H2,1H3;1H. The van der Waals surface area contributed by atoms with Gasteiger partial charge < -0.3 is 5.32 Å². The van der Waals surface area contributed by atoms with Crippen LogP contribution in [0.1, 0.15) is 6.92 Å². The second kappa shape index (κ2) is 5.44. The lowest BCUT2D eigenvalue weighted by Gasteiger charge is -2.01. The van der Waals surface area contributed by atoms with Crippen molar-refractivity contribution >= 4 is 34.0 Å². The van der Waals surface area contributed by atoms with Crippen LogP contribution in [0.5, 0.6) is 0 Å². The fourth-order valence-electron chi connectivity index (χ4n) is 0.803. The molecule has 0 aliphatic carbocycles. The van der Waals surface area contributed by atoms with Crippen molar-refractivity contribution in [2.75, 3.05) is 11.9 Å². The van der Waals surface area contributed by atoms with E-state index < -0.39 is 0 Å². The average Bonchev–Trinajstić information content (AvgIpc) is 1.88. The fourth-order valence-corrected chi connectivity index (χ4v) is 1.20. The summed E-state index contributed by atoms with van der Waals surface area (Å²) in [4.78, 5) is 0. The van der Waals surface area contributed by atoms with E-state index in [4.69, 9.17) is 0 Å². The van der Waals surface area contributed by atoms with E-state index in [1.54, 1.807) is 0 Å². The third kappa shape index (κ3) is 3.63. The molecule has 11 heavy (non-hydrogen) atoms. The summed E-state index contributed by atoms with van der Waals surface area (Å²) in [7, 11) is 0. The molecule has 0 fully saturated rings. The van der Waals surface area contributed by atoms with Gasteiger partial charge in [0.25, 0.3) is 0 Å². The van der Waals surface area contributed by atoms with E-state index in [9.17, 15) is 0 Å². The Balaban J connectivity index is 0.000001000. The molecular weight excluding hydrogens is 225 g/mol. The van der Waals surface area contributed by atoms with E-state index in [1.165, 1.54) is 0 Å². The number of rotatable bonds is 2. The third-order valence-electron chi connectivity index (χ3n) is 1.21. The van der Waals surface area contributed by atoms with Crippen LogP contribution in [-0.2, 0) is 0 Å². The quantitative estimate of drug-likeness (QED) is 0.831. The third-order valence-corrected chi connectivity index (χ3v) is 1.70. The smallest absolute Gasteiger partial charge is 0.0351 e. The van der Waals surface area contributed by atoms with Crippen LogP contribution in [0.15, 0.2) is 28.7 Å². The molecule has 0 unspecified atom stereocenters. The van der Waals surface area contributed by atoms with Crippen molar-refractivity contribution in [1.82, 2.24) is 0 Å².